The molecule has 0 saturated heterocycles. The molecule has 6 heteroatoms. The van der Waals surface area contributed by atoms with Crippen LogP contribution in [0.4, 0.5) is 0 Å². The van der Waals surface area contributed by atoms with Gasteiger partial charge in [0.15, 0.2) is 5.15 Å². The molecule has 1 aliphatic rings. The van der Waals surface area contributed by atoms with Crippen molar-refractivity contribution in [3.8, 4) is 0 Å². The second-order valence-corrected chi connectivity index (χ2v) is 4.75. The molecule has 0 radical (unpaired) electrons. The summed E-state index contributed by atoms with van der Waals surface area (Å²) in [5.41, 5.74) is 0.802. The Labute approximate surface area is 105 Å². The quantitative estimate of drug-likeness (QED) is 0.846. The lowest BCUT2D eigenvalue weighted by Crippen LogP contribution is -2.36. The summed E-state index contributed by atoms with van der Waals surface area (Å²) in [7, 11) is 1.88. The first-order chi connectivity index (χ1) is 8.13. The van der Waals surface area contributed by atoms with Crippen LogP contribution >= 0.6 is 11.6 Å². The molecule has 0 aromatic carbocycles. The van der Waals surface area contributed by atoms with Gasteiger partial charge in [-0.2, -0.15) is 5.10 Å². The van der Waals surface area contributed by atoms with Gasteiger partial charge in [0.1, 0.15) is 0 Å². The second kappa shape index (κ2) is 5.42. The fourth-order valence-corrected chi connectivity index (χ4v) is 1.61. The summed E-state index contributed by atoms with van der Waals surface area (Å²) in [6, 6.07) is 3.92. The van der Waals surface area contributed by atoms with E-state index in [2.05, 4.69) is 15.5 Å². The van der Waals surface area contributed by atoms with Gasteiger partial charge in [0.25, 0.3) is 0 Å². The van der Waals surface area contributed by atoms with Crippen molar-refractivity contribution >= 4 is 17.5 Å². The average Bonchev–Trinajstić information content (AvgIpc) is 3.05. The number of amides is 1. The Morgan fingerprint density at radius 1 is 1.53 bits per heavy atom. The van der Waals surface area contributed by atoms with Crippen LogP contribution < -0.4 is 5.32 Å². The number of likely N-dealkylation sites (N-methyl/N-ethyl adjacent to an activating group) is 1. The second-order valence-electron chi connectivity index (χ2n) is 4.36. The number of aromatic nitrogens is 2. The molecule has 2 rings (SSSR count). The SMILES string of the molecule is CN(CC(=O)NC1CC1)Cc1ccc(Cl)nn1. The molecule has 1 amide bonds. The lowest BCUT2D eigenvalue weighted by Gasteiger charge is -2.15. The van der Waals surface area contributed by atoms with Crippen molar-refractivity contribution in [2.24, 2.45) is 0 Å². The molecule has 0 atom stereocenters. The molecular weight excluding hydrogens is 240 g/mol. The third-order valence-corrected chi connectivity index (χ3v) is 2.68. The zero-order chi connectivity index (χ0) is 12.3. The van der Waals surface area contributed by atoms with Crippen LogP contribution in [0.3, 0.4) is 0 Å². The lowest BCUT2D eigenvalue weighted by molar-refractivity contribution is -0.122. The maximum absolute atomic E-state index is 11.5. The molecule has 17 heavy (non-hydrogen) atoms. The van der Waals surface area contributed by atoms with E-state index < -0.39 is 0 Å². The fourth-order valence-electron chi connectivity index (χ4n) is 1.51. The van der Waals surface area contributed by atoms with Crippen molar-refractivity contribution in [3.63, 3.8) is 0 Å². The molecule has 0 unspecified atom stereocenters. The summed E-state index contributed by atoms with van der Waals surface area (Å²) >= 11 is 5.65. The molecule has 1 aromatic heterocycles. The van der Waals surface area contributed by atoms with E-state index in [0.717, 1.165) is 18.5 Å². The van der Waals surface area contributed by atoms with Gasteiger partial charge in [0, 0.05) is 12.6 Å². The Balaban J connectivity index is 1.77. The Hall–Kier alpha value is -1.20. The minimum absolute atomic E-state index is 0.0666. The highest BCUT2D eigenvalue weighted by molar-refractivity contribution is 6.29. The molecule has 5 nitrogen and oxygen atoms in total. The van der Waals surface area contributed by atoms with E-state index in [4.69, 9.17) is 11.6 Å². The molecule has 1 aromatic rings. The number of nitrogens with zero attached hydrogens (tertiary/aromatic N) is 3. The van der Waals surface area contributed by atoms with Gasteiger partial charge in [-0.05, 0) is 32.0 Å². The van der Waals surface area contributed by atoms with Crippen LogP contribution in [0, 0.1) is 0 Å². The number of nitrogens with one attached hydrogen (secondary N) is 1. The van der Waals surface area contributed by atoms with Gasteiger partial charge in [-0.1, -0.05) is 11.6 Å². The first-order valence-corrected chi connectivity index (χ1v) is 5.97. The predicted octanol–water partition coefficient (Wildman–Crippen LogP) is 0.840. The number of halogens is 1. The zero-order valence-electron chi connectivity index (χ0n) is 9.69. The van der Waals surface area contributed by atoms with E-state index in [9.17, 15) is 4.79 Å². The van der Waals surface area contributed by atoms with Crippen LogP contribution in [-0.2, 0) is 11.3 Å². The highest BCUT2D eigenvalue weighted by Crippen LogP contribution is 2.18. The standard InChI is InChI=1S/C11H15ClN4O/c1-16(7-11(17)13-8-2-3-8)6-9-4-5-10(12)15-14-9/h4-5,8H,2-3,6-7H2,1H3,(H,13,17). The normalized spacial score (nSPS) is 15.0. The van der Waals surface area contributed by atoms with E-state index in [0.29, 0.717) is 24.3 Å². The van der Waals surface area contributed by atoms with Crippen LogP contribution in [0.15, 0.2) is 12.1 Å². The maximum atomic E-state index is 11.5. The first-order valence-electron chi connectivity index (χ1n) is 5.59. The Bertz CT molecular complexity index is 391. The van der Waals surface area contributed by atoms with E-state index in [-0.39, 0.29) is 5.91 Å². The van der Waals surface area contributed by atoms with Gasteiger partial charge < -0.3 is 5.32 Å². The van der Waals surface area contributed by atoms with Crippen molar-refractivity contribution in [1.82, 2.24) is 20.4 Å². The number of carbonyl (C=O) groups is 1. The molecule has 1 aliphatic carbocycles. The van der Waals surface area contributed by atoms with E-state index in [1.165, 1.54) is 0 Å². The van der Waals surface area contributed by atoms with E-state index >= 15 is 0 Å². The van der Waals surface area contributed by atoms with Gasteiger partial charge in [0.05, 0.1) is 12.2 Å². The minimum atomic E-state index is 0.0666. The number of carbonyl (C=O) groups excluding carboxylic acids is 1. The van der Waals surface area contributed by atoms with Crippen molar-refractivity contribution in [2.45, 2.75) is 25.4 Å². The molecule has 1 heterocycles. The predicted molar refractivity (Wildman–Crippen MR) is 64.5 cm³/mol. The first kappa shape index (κ1) is 12.3. The number of rotatable bonds is 5. The Morgan fingerprint density at radius 2 is 2.29 bits per heavy atom. The van der Waals surface area contributed by atoms with E-state index in [1.807, 2.05) is 18.0 Å². The van der Waals surface area contributed by atoms with Gasteiger partial charge in [-0.15, -0.1) is 5.10 Å². The van der Waals surface area contributed by atoms with Crippen molar-refractivity contribution in [1.29, 1.82) is 0 Å². The molecule has 1 saturated carbocycles. The van der Waals surface area contributed by atoms with Gasteiger partial charge >= 0.3 is 0 Å². The summed E-state index contributed by atoms with van der Waals surface area (Å²) in [6.07, 6.45) is 2.22. The van der Waals surface area contributed by atoms with Crippen molar-refractivity contribution in [2.75, 3.05) is 13.6 Å². The zero-order valence-corrected chi connectivity index (χ0v) is 10.4. The third-order valence-electron chi connectivity index (χ3n) is 2.48. The summed E-state index contributed by atoms with van der Waals surface area (Å²) in [5, 5.41) is 11.0. The third kappa shape index (κ3) is 4.28. The molecule has 1 N–H and O–H groups in total. The lowest BCUT2D eigenvalue weighted by atomic mass is 10.3. The van der Waals surface area contributed by atoms with E-state index in [1.54, 1.807) is 6.07 Å². The molecule has 1 fully saturated rings. The van der Waals surface area contributed by atoms with Crippen LogP contribution in [0.5, 0.6) is 0 Å². The monoisotopic (exact) mass is 254 g/mol. The number of hydrogen-bond donors (Lipinski definition) is 1. The summed E-state index contributed by atoms with van der Waals surface area (Å²) in [5.74, 6) is 0.0666. The van der Waals surface area contributed by atoms with Gasteiger partial charge in [-0.3, -0.25) is 9.69 Å². The highest BCUT2D eigenvalue weighted by Gasteiger charge is 2.23. The van der Waals surface area contributed by atoms with Crippen molar-refractivity contribution in [3.05, 3.63) is 23.0 Å². The van der Waals surface area contributed by atoms with Crippen LogP contribution in [-0.4, -0.2) is 40.6 Å². The largest absolute Gasteiger partial charge is 0.352 e. The molecular formula is C11H15ClN4O. The van der Waals surface area contributed by atoms with Gasteiger partial charge in [-0.25, -0.2) is 0 Å². The smallest absolute Gasteiger partial charge is 0.234 e. The Morgan fingerprint density at radius 3 is 2.88 bits per heavy atom. The molecule has 92 valence electrons. The van der Waals surface area contributed by atoms with Crippen molar-refractivity contribution < 1.29 is 4.79 Å². The van der Waals surface area contributed by atoms with Gasteiger partial charge in [0.2, 0.25) is 5.91 Å². The van der Waals surface area contributed by atoms with Crippen LogP contribution in [0.1, 0.15) is 18.5 Å². The molecule has 0 spiro atoms. The average molecular weight is 255 g/mol. The fraction of sp³-hybridized carbons (Fsp3) is 0.545. The summed E-state index contributed by atoms with van der Waals surface area (Å²) < 4.78 is 0. The highest BCUT2D eigenvalue weighted by atomic mass is 35.5. The van der Waals surface area contributed by atoms with Crippen LogP contribution in [0.2, 0.25) is 5.15 Å². The minimum Gasteiger partial charge on any atom is -0.352 e. The molecule has 0 aliphatic heterocycles. The number of hydrogen-bond acceptors (Lipinski definition) is 4. The maximum Gasteiger partial charge on any atom is 0.234 e. The molecule has 0 bridgehead atoms. The summed E-state index contributed by atoms with van der Waals surface area (Å²) in [4.78, 5) is 13.4. The summed E-state index contributed by atoms with van der Waals surface area (Å²) in [6.45, 7) is 0.961. The Kier molecular flexibility index (Phi) is 3.91. The topological polar surface area (TPSA) is 58.1 Å². The van der Waals surface area contributed by atoms with Crippen LogP contribution in [0.25, 0.3) is 0 Å².